The molecule has 0 radical (unpaired) electrons. The third-order valence-corrected chi connectivity index (χ3v) is 2.68. The number of halogens is 1. The minimum atomic E-state index is 0.250. The molecule has 0 amide bonds. The van der Waals surface area contributed by atoms with Gasteiger partial charge in [0.2, 0.25) is 0 Å². The highest BCUT2D eigenvalue weighted by molar-refractivity contribution is 6.32. The molecule has 2 aromatic heterocycles. The summed E-state index contributed by atoms with van der Waals surface area (Å²) in [4.78, 5) is 12.1. The van der Waals surface area contributed by atoms with E-state index in [9.17, 15) is 0 Å². The minimum Gasteiger partial charge on any atom is -0.393 e. The molecule has 0 atom stereocenters. The Morgan fingerprint density at radius 2 is 2.18 bits per heavy atom. The molecule has 0 fully saturated rings. The van der Waals surface area contributed by atoms with Crippen molar-refractivity contribution in [2.24, 2.45) is 0 Å². The fourth-order valence-electron chi connectivity index (χ4n) is 1.39. The van der Waals surface area contributed by atoms with Gasteiger partial charge in [-0.25, -0.2) is 9.97 Å². The number of hydrogen-bond acceptors (Lipinski definition) is 5. The first-order valence-electron chi connectivity index (χ1n) is 5.09. The number of pyridine rings is 1. The molecule has 2 aromatic rings. The van der Waals surface area contributed by atoms with Gasteiger partial charge in [-0.1, -0.05) is 17.7 Å². The van der Waals surface area contributed by atoms with Crippen molar-refractivity contribution in [1.82, 2.24) is 15.0 Å². The smallest absolute Gasteiger partial charge is 0.157 e. The van der Waals surface area contributed by atoms with Crippen molar-refractivity contribution in [1.29, 1.82) is 0 Å². The Labute approximate surface area is 104 Å². The number of nitrogens with one attached hydrogen (secondary N) is 1. The summed E-state index contributed by atoms with van der Waals surface area (Å²) in [5.74, 6) is 0.523. The molecular formula is C11H12ClN5. The summed E-state index contributed by atoms with van der Waals surface area (Å²) in [7, 11) is 0. The lowest BCUT2D eigenvalue weighted by atomic mass is 10.2. The van der Waals surface area contributed by atoms with Gasteiger partial charge in [-0.2, -0.15) is 0 Å². The molecule has 0 aliphatic rings. The maximum absolute atomic E-state index is 5.80. The number of anilines is 2. The molecule has 0 saturated heterocycles. The van der Waals surface area contributed by atoms with Crippen LogP contribution in [0.5, 0.6) is 0 Å². The molecule has 0 spiro atoms. The van der Waals surface area contributed by atoms with Gasteiger partial charge in [-0.3, -0.25) is 4.98 Å². The van der Waals surface area contributed by atoms with E-state index in [4.69, 9.17) is 17.3 Å². The van der Waals surface area contributed by atoms with E-state index >= 15 is 0 Å². The lowest BCUT2D eigenvalue weighted by Gasteiger charge is -2.09. The number of nitrogen functional groups attached to an aromatic ring is 1. The SMILES string of the molecule is Cc1cccnc1CNc1ncnc(Cl)c1N. The van der Waals surface area contributed by atoms with E-state index in [1.54, 1.807) is 6.20 Å². The second-order valence-corrected chi connectivity index (χ2v) is 3.91. The fourth-order valence-corrected chi connectivity index (χ4v) is 1.52. The molecule has 17 heavy (non-hydrogen) atoms. The Balaban J connectivity index is 2.13. The van der Waals surface area contributed by atoms with Gasteiger partial charge < -0.3 is 11.1 Å². The second-order valence-electron chi connectivity index (χ2n) is 3.55. The van der Waals surface area contributed by atoms with Gasteiger partial charge in [0.15, 0.2) is 11.0 Å². The first kappa shape index (κ1) is 11.6. The highest BCUT2D eigenvalue weighted by atomic mass is 35.5. The fraction of sp³-hybridized carbons (Fsp3) is 0.182. The summed E-state index contributed by atoms with van der Waals surface area (Å²) in [6, 6.07) is 3.90. The summed E-state index contributed by atoms with van der Waals surface area (Å²) in [5, 5.41) is 3.34. The van der Waals surface area contributed by atoms with E-state index in [1.165, 1.54) is 6.33 Å². The molecule has 5 nitrogen and oxygen atoms in total. The van der Waals surface area contributed by atoms with Gasteiger partial charge in [-0.15, -0.1) is 0 Å². The van der Waals surface area contributed by atoms with E-state index in [0.29, 0.717) is 18.1 Å². The predicted molar refractivity (Wildman–Crippen MR) is 67.8 cm³/mol. The molecule has 0 bridgehead atoms. The average molecular weight is 250 g/mol. The van der Waals surface area contributed by atoms with Gasteiger partial charge >= 0.3 is 0 Å². The zero-order valence-electron chi connectivity index (χ0n) is 9.31. The van der Waals surface area contributed by atoms with Crippen LogP contribution in [0.3, 0.4) is 0 Å². The molecule has 0 unspecified atom stereocenters. The van der Waals surface area contributed by atoms with Crippen LogP contribution in [0.25, 0.3) is 0 Å². The molecule has 2 rings (SSSR count). The van der Waals surface area contributed by atoms with E-state index in [1.807, 2.05) is 19.1 Å². The lowest BCUT2D eigenvalue weighted by molar-refractivity contribution is 1.00. The summed E-state index contributed by atoms with van der Waals surface area (Å²) in [6.07, 6.45) is 3.12. The monoisotopic (exact) mass is 249 g/mol. The van der Waals surface area contributed by atoms with Crippen LogP contribution >= 0.6 is 11.6 Å². The number of nitrogens with two attached hydrogens (primary N) is 1. The second kappa shape index (κ2) is 4.97. The van der Waals surface area contributed by atoms with Crippen molar-refractivity contribution in [3.63, 3.8) is 0 Å². The minimum absolute atomic E-state index is 0.250. The molecule has 3 N–H and O–H groups in total. The average Bonchev–Trinajstić information content (AvgIpc) is 2.33. The quantitative estimate of drug-likeness (QED) is 0.814. The number of rotatable bonds is 3. The Hall–Kier alpha value is -1.88. The van der Waals surface area contributed by atoms with Gasteiger partial charge in [0.1, 0.15) is 12.0 Å². The maximum Gasteiger partial charge on any atom is 0.157 e. The first-order valence-corrected chi connectivity index (χ1v) is 5.46. The Bertz CT molecular complexity index is 529. The normalized spacial score (nSPS) is 10.2. The summed E-state index contributed by atoms with van der Waals surface area (Å²) >= 11 is 5.80. The number of aryl methyl sites for hydroxylation is 1. The molecular weight excluding hydrogens is 238 g/mol. The molecule has 0 aromatic carbocycles. The van der Waals surface area contributed by atoms with Gasteiger partial charge in [0, 0.05) is 6.20 Å². The zero-order valence-corrected chi connectivity index (χ0v) is 10.1. The topological polar surface area (TPSA) is 76.7 Å². The van der Waals surface area contributed by atoms with Crippen LogP contribution in [0.1, 0.15) is 11.3 Å². The van der Waals surface area contributed by atoms with Crippen LogP contribution in [-0.2, 0) is 6.54 Å². The van der Waals surface area contributed by atoms with Gasteiger partial charge in [0.05, 0.1) is 12.2 Å². The van der Waals surface area contributed by atoms with Crippen molar-refractivity contribution in [3.8, 4) is 0 Å². The van der Waals surface area contributed by atoms with Crippen LogP contribution in [0, 0.1) is 6.92 Å². The number of hydrogen-bond donors (Lipinski definition) is 2. The third kappa shape index (κ3) is 2.62. The number of nitrogens with zero attached hydrogens (tertiary/aromatic N) is 3. The Morgan fingerprint density at radius 1 is 1.35 bits per heavy atom. The third-order valence-electron chi connectivity index (χ3n) is 2.38. The Kier molecular flexibility index (Phi) is 3.39. The maximum atomic E-state index is 5.80. The van der Waals surface area contributed by atoms with E-state index in [0.717, 1.165) is 11.3 Å². The van der Waals surface area contributed by atoms with E-state index in [2.05, 4.69) is 20.3 Å². The summed E-state index contributed by atoms with van der Waals surface area (Å²) < 4.78 is 0. The summed E-state index contributed by atoms with van der Waals surface area (Å²) in [6.45, 7) is 2.55. The molecule has 88 valence electrons. The Morgan fingerprint density at radius 3 is 2.94 bits per heavy atom. The molecule has 0 aliphatic heterocycles. The van der Waals surface area contributed by atoms with Crippen molar-refractivity contribution < 1.29 is 0 Å². The highest BCUT2D eigenvalue weighted by Gasteiger charge is 2.06. The van der Waals surface area contributed by atoms with Crippen molar-refractivity contribution in [3.05, 3.63) is 41.1 Å². The van der Waals surface area contributed by atoms with Crippen LogP contribution in [0.4, 0.5) is 11.5 Å². The first-order chi connectivity index (χ1) is 8.18. The van der Waals surface area contributed by atoms with Crippen LogP contribution < -0.4 is 11.1 Å². The van der Waals surface area contributed by atoms with Crippen LogP contribution in [0.15, 0.2) is 24.7 Å². The predicted octanol–water partition coefficient (Wildman–Crippen LogP) is 2.03. The van der Waals surface area contributed by atoms with Gasteiger partial charge in [0.25, 0.3) is 0 Å². The largest absolute Gasteiger partial charge is 0.393 e. The van der Waals surface area contributed by atoms with Crippen LogP contribution in [0.2, 0.25) is 5.15 Å². The summed E-state index contributed by atoms with van der Waals surface area (Å²) in [5.41, 5.74) is 8.15. The molecule has 0 saturated carbocycles. The zero-order chi connectivity index (χ0) is 12.3. The number of aromatic nitrogens is 3. The van der Waals surface area contributed by atoms with Crippen molar-refractivity contribution in [2.75, 3.05) is 11.1 Å². The van der Waals surface area contributed by atoms with E-state index in [-0.39, 0.29) is 5.15 Å². The lowest BCUT2D eigenvalue weighted by Crippen LogP contribution is -2.07. The highest BCUT2D eigenvalue weighted by Crippen LogP contribution is 2.22. The van der Waals surface area contributed by atoms with Crippen LogP contribution in [-0.4, -0.2) is 15.0 Å². The molecule has 0 aliphatic carbocycles. The molecule has 6 heteroatoms. The molecule has 2 heterocycles. The standard InChI is InChI=1S/C11H12ClN5/c1-7-3-2-4-14-8(7)5-15-11-9(13)10(12)16-6-17-11/h2-4,6H,5,13H2,1H3,(H,15,16,17). The van der Waals surface area contributed by atoms with Crippen molar-refractivity contribution in [2.45, 2.75) is 13.5 Å². The van der Waals surface area contributed by atoms with Crippen molar-refractivity contribution >= 4 is 23.1 Å². The van der Waals surface area contributed by atoms with E-state index < -0.39 is 0 Å². The van der Waals surface area contributed by atoms with Gasteiger partial charge in [-0.05, 0) is 18.6 Å².